The molecule has 1 heterocycles. The zero-order valence-electron chi connectivity index (χ0n) is 21.6. The molecule has 4 aromatic rings. The van der Waals surface area contributed by atoms with E-state index in [9.17, 15) is 14.4 Å². The Morgan fingerprint density at radius 3 is 2.26 bits per heavy atom. The van der Waals surface area contributed by atoms with E-state index in [0.29, 0.717) is 36.0 Å². The number of barbiturate groups is 1. The van der Waals surface area contributed by atoms with Crippen LogP contribution in [0.3, 0.4) is 0 Å². The van der Waals surface area contributed by atoms with E-state index < -0.39 is 17.8 Å². The second kappa shape index (κ2) is 11.6. The van der Waals surface area contributed by atoms with E-state index in [1.54, 1.807) is 48.5 Å². The third kappa shape index (κ3) is 5.83. The van der Waals surface area contributed by atoms with Crippen molar-refractivity contribution in [3.63, 3.8) is 0 Å². The Bertz CT molecular complexity index is 1540. The number of amides is 4. The molecule has 1 aliphatic rings. The fourth-order valence-corrected chi connectivity index (χ4v) is 4.32. The van der Waals surface area contributed by atoms with Gasteiger partial charge in [0, 0.05) is 0 Å². The minimum atomic E-state index is -0.793. The van der Waals surface area contributed by atoms with Gasteiger partial charge in [0.1, 0.15) is 23.7 Å². The number of unbranched alkanes of at least 4 members (excludes halogenated alkanes) is 1. The maximum Gasteiger partial charge on any atom is 0.335 e. The number of carbonyl (C=O) groups excluding carboxylic acids is 3. The van der Waals surface area contributed by atoms with Crippen molar-refractivity contribution in [1.29, 1.82) is 0 Å². The molecule has 0 bridgehead atoms. The summed E-state index contributed by atoms with van der Waals surface area (Å²) in [5.74, 6) is -0.133. The first-order valence-corrected chi connectivity index (χ1v) is 12.9. The zero-order valence-corrected chi connectivity index (χ0v) is 21.6. The Hall–Kier alpha value is -4.91. The van der Waals surface area contributed by atoms with E-state index in [4.69, 9.17) is 9.47 Å². The smallest absolute Gasteiger partial charge is 0.335 e. The lowest BCUT2D eigenvalue weighted by Crippen LogP contribution is -2.54. The summed E-state index contributed by atoms with van der Waals surface area (Å²) >= 11 is 0. The van der Waals surface area contributed by atoms with E-state index in [0.717, 1.165) is 34.1 Å². The fraction of sp³-hybridized carbons (Fsp3) is 0.156. The number of nitrogens with one attached hydrogen (secondary N) is 1. The number of urea groups is 1. The summed E-state index contributed by atoms with van der Waals surface area (Å²) in [4.78, 5) is 39.2. The molecule has 0 aromatic heterocycles. The van der Waals surface area contributed by atoms with Crippen LogP contribution in [0, 0.1) is 0 Å². The normalized spacial score (nSPS) is 14.5. The average molecular weight is 521 g/mol. The molecule has 0 aliphatic carbocycles. The van der Waals surface area contributed by atoms with Crippen LogP contribution in [0.4, 0.5) is 10.5 Å². The molecular weight excluding hydrogens is 492 g/mol. The number of carbonyl (C=O) groups is 3. The van der Waals surface area contributed by atoms with Gasteiger partial charge in [0.2, 0.25) is 0 Å². The lowest BCUT2D eigenvalue weighted by atomic mass is 10.1. The Morgan fingerprint density at radius 2 is 1.49 bits per heavy atom. The number of fused-ring (bicyclic) bond motifs is 1. The summed E-state index contributed by atoms with van der Waals surface area (Å²) < 4.78 is 11.6. The van der Waals surface area contributed by atoms with Gasteiger partial charge in [-0.25, -0.2) is 9.69 Å². The monoisotopic (exact) mass is 520 g/mol. The molecule has 196 valence electrons. The summed E-state index contributed by atoms with van der Waals surface area (Å²) in [7, 11) is 0. The van der Waals surface area contributed by atoms with Crippen LogP contribution >= 0.6 is 0 Å². The number of rotatable bonds is 9. The van der Waals surface area contributed by atoms with Crippen LogP contribution in [-0.2, 0) is 16.2 Å². The topological polar surface area (TPSA) is 84.9 Å². The van der Waals surface area contributed by atoms with Crippen molar-refractivity contribution >= 4 is 40.4 Å². The standard InChI is InChI=1S/C32H28N2O5/c1-2-3-19-38-26-17-13-25(14-18-26)34-31(36)29(30(35)33-32(34)37)20-22-11-15-27(16-12-22)39-21-24-9-6-8-23-7-4-5-10-28(23)24/h4-18,20H,2-3,19,21H2,1H3,(H,33,35,37)/b29-20-. The number of imide groups is 2. The van der Waals surface area contributed by atoms with Crippen molar-refractivity contribution in [2.75, 3.05) is 11.5 Å². The number of anilines is 1. The summed E-state index contributed by atoms with van der Waals surface area (Å²) in [5, 5.41) is 4.54. The molecule has 0 radical (unpaired) electrons. The predicted octanol–water partition coefficient (Wildman–Crippen LogP) is 6.26. The van der Waals surface area contributed by atoms with Crippen LogP contribution in [0.1, 0.15) is 30.9 Å². The highest BCUT2D eigenvalue weighted by atomic mass is 16.5. The van der Waals surface area contributed by atoms with Crippen LogP contribution < -0.4 is 19.7 Å². The van der Waals surface area contributed by atoms with Crippen molar-refractivity contribution in [1.82, 2.24) is 5.32 Å². The van der Waals surface area contributed by atoms with E-state index >= 15 is 0 Å². The van der Waals surface area contributed by atoms with Gasteiger partial charge in [0.05, 0.1) is 12.3 Å². The second-order valence-electron chi connectivity index (χ2n) is 9.15. The third-order valence-corrected chi connectivity index (χ3v) is 6.43. The van der Waals surface area contributed by atoms with Gasteiger partial charge in [-0.2, -0.15) is 0 Å². The van der Waals surface area contributed by atoms with Crippen molar-refractivity contribution in [2.45, 2.75) is 26.4 Å². The summed E-state index contributed by atoms with van der Waals surface area (Å²) in [6, 6.07) is 27.2. The average Bonchev–Trinajstić information content (AvgIpc) is 2.95. The highest BCUT2D eigenvalue weighted by Crippen LogP contribution is 2.26. The number of nitrogens with zero attached hydrogens (tertiary/aromatic N) is 1. The van der Waals surface area contributed by atoms with Crippen LogP contribution in [-0.4, -0.2) is 24.5 Å². The van der Waals surface area contributed by atoms with Crippen molar-refractivity contribution in [2.24, 2.45) is 0 Å². The van der Waals surface area contributed by atoms with Crippen molar-refractivity contribution in [3.8, 4) is 11.5 Å². The van der Waals surface area contributed by atoms with Gasteiger partial charge in [-0.3, -0.25) is 14.9 Å². The first-order chi connectivity index (χ1) is 19.0. The molecular formula is C32H28N2O5. The van der Waals surface area contributed by atoms with Crippen LogP contribution in [0.5, 0.6) is 11.5 Å². The Kier molecular flexibility index (Phi) is 7.68. The van der Waals surface area contributed by atoms with Gasteiger partial charge >= 0.3 is 6.03 Å². The van der Waals surface area contributed by atoms with Gasteiger partial charge in [-0.1, -0.05) is 67.9 Å². The largest absolute Gasteiger partial charge is 0.494 e. The molecule has 4 aromatic carbocycles. The first kappa shape index (κ1) is 25.7. The number of hydrogen-bond donors (Lipinski definition) is 1. The molecule has 1 aliphatic heterocycles. The number of hydrogen-bond acceptors (Lipinski definition) is 5. The lowest BCUT2D eigenvalue weighted by molar-refractivity contribution is -0.122. The molecule has 5 rings (SSSR count). The van der Waals surface area contributed by atoms with Crippen LogP contribution in [0.2, 0.25) is 0 Å². The second-order valence-corrected chi connectivity index (χ2v) is 9.15. The van der Waals surface area contributed by atoms with Crippen LogP contribution in [0.25, 0.3) is 16.8 Å². The maximum atomic E-state index is 13.2. The molecule has 0 spiro atoms. The van der Waals surface area contributed by atoms with Crippen LogP contribution in [0.15, 0.2) is 96.6 Å². The zero-order chi connectivity index (χ0) is 27.2. The molecule has 4 amide bonds. The molecule has 7 heteroatoms. The number of ether oxygens (including phenoxy) is 2. The van der Waals surface area contributed by atoms with Gasteiger partial charge < -0.3 is 9.47 Å². The van der Waals surface area contributed by atoms with Gasteiger partial charge in [-0.15, -0.1) is 0 Å². The summed E-state index contributed by atoms with van der Waals surface area (Å²) in [6.07, 6.45) is 3.42. The summed E-state index contributed by atoms with van der Waals surface area (Å²) in [6.45, 7) is 3.07. The Balaban J connectivity index is 1.29. The highest BCUT2D eigenvalue weighted by molar-refractivity contribution is 6.39. The minimum absolute atomic E-state index is 0.137. The molecule has 7 nitrogen and oxygen atoms in total. The molecule has 1 fully saturated rings. The predicted molar refractivity (Wildman–Crippen MR) is 151 cm³/mol. The number of benzene rings is 4. The van der Waals surface area contributed by atoms with E-state index in [-0.39, 0.29) is 5.57 Å². The molecule has 0 unspecified atom stereocenters. The Labute approximate surface area is 226 Å². The van der Waals surface area contributed by atoms with Crippen molar-refractivity contribution in [3.05, 3.63) is 108 Å². The van der Waals surface area contributed by atoms with Gasteiger partial charge in [0.15, 0.2) is 0 Å². The van der Waals surface area contributed by atoms with Gasteiger partial charge in [-0.05, 0) is 70.8 Å². The first-order valence-electron chi connectivity index (χ1n) is 12.9. The van der Waals surface area contributed by atoms with E-state index in [1.807, 2.05) is 24.3 Å². The highest BCUT2D eigenvalue weighted by Gasteiger charge is 2.36. The molecule has 39 heavy (non-hydrogen) atoms. The lowest BCUT2D eigenvalue weighted by Gasteiger charge is -2.26. The molecule has 0 saturated carbocycles. The van der Waals surface area contributed by atoms with Crippen molar-refractivity contribution < 1.29 is 23.9 Å². The van der Waals surface area contributed by atoms with E-state index in [1.165, 1.54) is 6.08 Å². The molecule has 0 atom stereocenters. The molecule has 1 N–H and O–H groups in total. The SMILES string of the molecule is CCCCOc1ccc(N2C(=O)NC(=O)/C(=C/c3ccc(OCc4cccc5ccccc45)cc3)C2=O)cc1. The third-order valence-electron chi connectivity index (χ3n) is 6.43. The van der Waals surface area contributed by atoms with Gasteiger partial charge in [0.25, 0.3) is 11.8 Å². The minimum Gasteiger partial charge on any atom is -0.494 e. The summed E-state index contributed by atoms with van der Waals surface area (Å²) in [5.41, 5.74) is 1.91. The fourth-order valence-electron chi connectivity index (χ4n) is 4.32. The molecule has 1 saturated heterocycles. The Morgan fingerprint density at radius 1 is 0.795 bits per heavy atom. The van der Waals surface area contributed by atoms with E-state index in [2.05, 4.69) is 30.4 Å². The quantitative estimate of drug-likeness (QED) is 0.160. The maximum absolute atomic E-state index is 13.2.